The van der Waals surface area contributed by atoms with Gasteiger partial charge in [0, 0.05) is 5.69 Å². The molecule has 0 fully saturated rings. The van der Waals surface area contributed by atoms with Gasteiger partial charge in [-0.2, -0.15) is 5.26 Å². The van der Waals surface area contributed by atoms with Crippen molar-refractivity contribution in [3.8, 4) is 6.07 Å². The van der Waals surface area contributed by atoms with E-state index in [9.17, 15) is 5.11 Å². The van der Waals surface area contributed by atoms with Gasteiger partial charge in [0.15, 0.2) is 11.2 Å². The van der Waals surface area contributed by atoms with Crippen LogP contribution < -0.4 is 11.1 Å². The van der Waals surface area contributed by atoms with Crippen LogP contribution in [0.4, 0.5) is 5.69 Å². The Labute approximate surface area is 98.1 Å². The molecule has 0 saturated heterocycles. The van der Waals surface area contributed by atoms with Gasteiger partial charge in [-0.3, -0.25) is 0 Å². The van der Waals surface area contributed by atoms with E-state index in [0.29, 0.717) is 11.3 Å². The number of hydrogen-bond acceptors (Lipinski definition) is 4. The van der Waals surface area contributed by atoms with Crippen molar-refractivity contribution in [2.45, 2.75) is 12.2 Å². The van der Waals surface area contributed by atoms with Gasteiger partial charge in [-0.05, 0) is 29.9 Å². The van der Waals surface area contributed by atoms with Gasteiger partial charge in [-0.1, -0.05) is 12.1 Å². The first-order valence-corrected chi connectivity index (χ1v) is 4.87. The first kappa shape index (κ1) is 12.4. The van der Waals surface area contributed by atoms with Crippen LogP contribution in [0.3, 0.4) is 0 Å². The highest BCUT2D eigenvalue weighted by Gasteiger charge is 2.17. The molecule has 1 rings (SSSR count). The predicted molar refractivity (Wildman–Crippen MR) is 63.4 cm³/mol. The number of rotatable bonds is 3. The number of nitrogens with two attached hydrogens (primary N) is 1. The Bertz CT molecular complexity index is 413. The third-order valence-electron chi connectivity index (χ3n) is 1.95. The summed E-state index contributed by atoms with van der Waals surface area (Å²) in [7, 11) is 0. The van der Waals surface area contributed by atoms with Crippen LogP contribution in [0.2, 0.25) is 0 Å². The molecule has 0 radical (unpaired) electrons. The van der Waals surface area contributed by atoms with E-state index >= 15 is 0 Å². The molecular weight excluding hydrogens is 226 g/mol. The quantitative estimate of drug-likeness (QED) is 0.444. The number of thiocarbonyl (C=S) groups is 1. The Kier molecular flexibility index (Phi) is 4.19. The average molecular weight is 237 g/mol. The van der Waals surface area contributed by atoms with Gasteiger partial charge in [0.05, 0.1) is 6.07 Å². The number of nitriles is 1. The van der Waals surface area contributed by atoms with Crippen LogP contribution >= 0.6 is 12.2 Å². The number of benzene rings is 1. The number of aliphatic hydroxyl groups excluding tert-OH is 2. The van der Waals surface area contributed by atoms with E-state index in [1.165, 1.54) is 0 Å². The first-order valence-electron chi connectivity index (χ1n) is 4.46. The molecule has 2 atom stereocenters. The molecule has 0 heterocycles. The summed E-state index contributed by atoms with van der Waals surface area (Å²) in [5, 5.41) is 29.9. The number of hydrogen-bond donors (Lipinski definition) is 4. The van der Waals surface area contributed by atoms with Gasteiger partial charge in [0.2, 0.25) is 0 Å². The van der Waals surface area contributed by atoms with Crippen LogP contribution in [0.5, 0.6) is 0 Å². The van der Waals surface area contributed by atoms with E-state index in [1.807, 2.05) is 0 Å². The van der Waals surface area contributed by atoms with Crippen molar-refractivity contribution in [1.29, 1.82) is 5.26 Å². The minimum atomic E-state index is -1.44. The normalized spacial score (nSPS) is 13.6. The summed E-state index contributed by atoms with van der Waals surface area (Å²) in [4.78, 5) is 0. The highest BCUT2D eigenvalue weighted by molar-refractivity contribution is 7.80. The Morgan fingerprint density at radius 1 is 1.38 bits per heavy atom. The topological polar surface area (TPSA) is 102 Å². The molecule has 1 aromatic rings. The van der Waals surface area contributed by atoms with E-state index in [-0.39, 0.29) is 5.11 Å². The molecule has 0 aromatic heterocycles. The van der Waals surface area contributed by atoms with Crippen molar-refractivity contribution in [2.75, 3.05) is 5.32 Å². The monoisotopic (exact) mass is 237 g/mol. The second-order valence-electron chi connectivity index (χ2n) is 3.13. The fourth-order valence-corrected chi connectivity index (χ4v) is 1.28. The van der Waals surface area contributed by atoms with E-state index in [0.717, 1.165) is 0 Å². The first-order chi connectivity index (χ1) is 7.54. The molecule has 16 heavy (non-hydrogen) atoms. The SMILES string of the molecule is N#CC(O)C(O)c1ccc(NC(N)=S)cc1. The molecule has 5 nitrogen and oxygen atoms in total. The number of aliphatic hydroxyl groups is 2. The van der Waals surface area contributed by atoms with Gasteiger partial charge in [-0.15, -0.1) is 0 Å². The van der Waals surface area contributed by atoms with Crippen LogP contribution in [0.1, 0.15) is 11.7 Å². The lowest BCUT2D eigenvalue weighted by Crippen LogP contribution is -2.19. The molecule has 2 unspecified atom stereocenters. The van der Waals surface area contributed by atoms with Gasteiger partial charge in [0.1, 0.15) is 6.10 Å². The molecular formula is C10H11N3O2S. The second kappa shape index (κ2) is 5.42. The maximum atomic E-state index is 9.52. The fourth-order valence-electron chi connectivity index (χ4n) is 1.16. The summed E-state index contributed by atoms with van der Waals surface area (Å²) in [5.41, 5.74) is 6.40. The fraction of sp³-hybridized carbons (Fsp3) is 0.200. The van der Waals surface area contributed by atoms with Gasteiger partial charge in [-0.25, -0.2) is 0 Å². The average Bonchev–Trinajstić information content (AvgIpc) is 2.27. The highest BCUT2D eigenvalue weighted by atomic mass is 32.1. The van der Waals surface area contributed by atoms with Crippen molar-refractivity contribution in [1.82, 2.24) is 0 Å². The lowest BCUT2D eigenvalue weighted by Gasteiger charge is -2.12. The van der Waals surface area contributed by atoms with E-state index in [2.05, 4.69) is 17.5 Å². The zero-order chi connectivity index (χ0) is 12.1. The molecule has 0 aliphatic carbocycles. The summed E-state index contributed by atoms with van der Waals surface area (Å²) < 4.78 is 0. The minimum absolute atomic E-state index is 0.144. The Morgan fingerprint density at radius 2 is 1.94 bits per heavy atom. The summed E-state index contributed by atoms with van der Waals surface area (Å²) in [6.07, 6.45) is -2.65. The third kappa shape index (κ3) is 3.17. The van der Waals surface area contributed by atoms with E-state index in [1.54, 1.807) is 30.3 Å². The van der Waals surface area contributed by atoms with Crippen molar-refractivity contribution < 1.29 is 10.2 Å². The molecule has 0 saturated carbocycles. The largest absolute Gasteiger partial charge is 0.385 e. The van der Waals surface area contributed by atoms with Gasteiger partial charge in [0.25, 0.3) is 0 Å². The lowest BCUT2D eigenvalue weighted by molar-refractivity contribution is 0.0528. The highest BCUT2D eigenvalue weighted by Crippen LogP contribution is 2.18. The molecule has 5 N–H and O–H groups in total. The maximum absolute atomic E-state index is 9.52. The van der Waals surface area contributed by atoms with Crippen molar-refractivity contribution in [3.63, 3.8) is 0 Å². The van der Waals surface area contributed by atoms with Crippen LogP contribution in [-0.4, -0.2) is 21.4 Å². The number of anilines is 1. The van der Waals surface area contributed by atoms with Crippen molar-refractivity contribution in [3.05, 3.63) is 29.8 Å². The summed E-state index contributed by atoms with van der Waals surface area (Å²) in [5.74, 6) is 0. The predicted octanol–water partition coefficient (Wildman–Crippen LogP) is 0.260. The van der Waals surface area contributed by atoms with Crippen molar-refractivity contribution >= 4 is 23.0 Å². The van der Waals surface area contributed by atoms with E-state index in [4.69, 9.17) is 16.1 Å². The second-order valence-corrected chi connectivity index (χ2v) is 3.57. The van der Waals surface area contributed by atoms with Gasteiger partial charge >= 0.3 is 0 Å². The zero-order valence-electron chi connectivity index (χ0n) is 8.29. The lowest BCUT2D eigenvalue weighted by atomic mass is 10.1. The van der Waals surface area contributed by atoms with E-state index < -0.39 is 12.2 Å². The number of nitrogens with one attached hydrogen (secondary N) is 1. The minimum Gasteiger partial charge on any atom is -0.385 e. The molecule has 0 amide bonds. The summed E-state index contributed by atoms with van der Waals surface area (Å²) in [6, 6.07) is 7.99. The molecule has 0 aliphatic rings. The Hall–Kier alpha value is -1.68. The Balaban J connectivity index is 2.79. The van der Waals surface area contributed by atoms with Crippen LogP contribution in [0, 0.1) is 11.3 Å². The smallest absolute Gasteiger partial charge is 0.170 e. The van der Waals surface area contributed by atoms with Crippen LogP contribution in [0.15, 0.2) is 24.3 Å². The van der Waals surface area contributed by atoms with Crippen LogP contribution in [0.25, 0.3) is 0 Å². The third-order valence-corrected chi connectivity index (χ3v) is 2.05. The molecule has 0 bridgehead atoms. The molecule has 1 aromatic carbocycles. The van der Waals surface area contributed by atoms with Gasteiger partial charge < -0.3 is 21.3 Å². The summed E-state index contributed by atoms with van der Waals surface area (Å²) in [6.45, 7) is 0. The Morgan fingerprint density at radius 3 is 2.38 bits per heavy atom. The van der Waals surface area contributed by atoms with Crippen molar-refractivity contribution in [2.24, 2.45) is 5.73 Å². The zero-order valence-corrected chi connectivity index (χ0v) is 9.11. The van der Waals surface area contributed by atoms with Crippen LogP contribution in [-0.2, 0) is 0 Å². The molecule has 84 valence electrons. The standard InChI is InChI=1S/C10H11N3O2S/c11-5-8(14)9(15)6-1-3-7(4-2-6)13-10(12)16/h1-4,8-9,14-15H,(H3,12,13,16). The maximum Gasteiger partial charge on any atom is 0.170 e. The molecule has 6 heteroatoms. The molecule has 0 spiro atoms. The number of nitrogens with zero attached hydrogens (tertiary/aromatic N) is 1. The summed E-state index contributed by atoms with van der Waals surface area (Å²) >= 11 is 4.66. The molecule has 0 aliphatic heterocycles.